The van der Waals surface area contributed by atoms with Crippen LogP contribution in [-0.2, 0) is 6.54 Å². The molecule has 0 saturated heterocycles. The second-order valence-corrected chi connectivity index (χ2v) is 8.87. The highest BCUT2D eigenvalue weighted by Gasteiger charge is 2.30. The van der Waals surface area contributed by atoms with Crippen LogP contribution in [0.25, 0.3) is 11.1 Å². The maximum absolute atomic E-state index is 15.5. The van der Waals surface area contributed by atoms with Gasteiger partial charge in [0.25, 0.3) is 17.7 Å². The summed E-state index contributed by atoms with van der Waals surface area (Å²) in [6.07, 6.45) is 0. The molecule has 0 saturated carbocycles. The summed E-state index contributed by atoms with van der Waals surface area (Å²) in [5, 5.41) is 9.52. The number of pyridine rings is 1. The van der Waals surface area contributed by atoms with Crippen molar-refractivity contribution in [2.24, 2.45) is 5.73 Å². The zero-order valence-electron chi connectivity index (χ0n) is 21.4. The lowest BCUT2D eigenvalue weighted by Crippen LogP contribution is -2.25. The summed E-state index contributed by atoms with van der Waals surface area (Å²) in [7, 11) is 2.65. The molecule has 1 aromatic heterocycles. The highest BCUT2D eigenvalue weighted by molar-refractivity contribution is 5.95. The van der Waals surface area contributed by atoms with E-state index in [1.807, 2.05) is 30.3 Å². The Labute approximate surface area is 223 Å². The molecular formula is C29H25F2N3O5. The van der Waals surface area contributed by atoms with Crippen LogP contribution in [0.5, 0.6) is 23.3 Å². The largest absolute Gasteiger partial charge is 0.478 e. The number of aromatic nitrogens is 1. The van der Waals surface area contributed by atoms with E-state index in [0.29, 0.717) is 12.1 Å². The average Bonchev–Trinajstić information content (AvgIpc) is 2.91. The molecule has 0 spiro atoms. The van der Waals surface area contributed by atoms with Gasteiger partial charge in [-0.2, -0.15) is 13.8 Å². The number of hydrogen-bond acceptors (Lipinski definition) is 6. The van der Waals surface area contributed by atoms with Crippen molar-refractivity contribution in [2.45, 2.75) is 13.5 Å². The molecule has 0 bridgehead atoms. The fraction of sp³-hybridized carbons (Fsp3) is 0.138. The predicted molar refractivity (Wildman–Crippen MR) is 140 cm³/mol. The Morgan fingerprint density at radius 2 is 1.56 bits per heavy atom. The maximum atomic E-state index is 15.5. The van der Waals surface area contributed by atoms with Crippen LogP contribution >= 0.6 is 0 Å². The van der Waals surface area contributed by atoms with Crippen molar-refractivity contribution in [1.29, 1.82) is 0 Å². The van der Waals surface area contributed by atoms with Crippen LogP contribution in [0.1, 0.15) is 31.8 Å². The average molecular weight is 534 g/mol. The Hall–Kier alpha value is -4.83. The third-order valence-corrected chi connectivity index (χ3v) is 5.76. The standard InChI is InChI=1S/C29H25F2N3O5/c1-16-10-11-21(29(36)37)22(12-16)39-27-25(31)23(28(35)34(2)3)24(30)26(33-27)38-20-9-5-8-19(14-20)18-7-4-6-17(13-18)15-32/h4-14H,15,32H2,1-3H3,(H,36,37). The zero-order chi connectivity index (χ0) is 28.3. The SMILES string of the molecule is Cc1ccc(C(=O)O)c(Oc2nc(Oc3cccc(-c4cccc(CN)c4)c3)c(F)c(C(=O)N(C)C)c2F)c1. The maximum Gasteiger partial charge on any atom is 0.339 e. The lowest BCUT2D eigenvalue weighted by atomic mass is 10.0. The van der Waals surface area contributed by atoms with E-state index >= 15 is 8.78 Å². The number of amides is 1. The summed E-state index contributed by atoms with van der Waals surface area (Å²) in [5.41, 5.74) is 7.60. The lowest BCUT2D eigenvalue weighted by molar-refractivity contribution is 0.0693. The number of benzene rings is 3. The van der Waals surface area contributed by atoms with Gasteiger partial charge >= 0.3 is 5.97 Å². The van der Waals surface area contributed by atoms with Gasteiger partial charge in [-0.3, -0.25) is 4.79 Å². The number of carboxylic acids is 1. The van der Waals surface area contributed by atoms with E-state index in [0.717, 1.165) is 21.6 Å². The zero-order valence-corrected chi connectivity index (χ0v) is 21.4. The number of aromatic carboxylic acids is 1. The van der Waals surface area contributed by atoms with Crippen LogP contribution in [0.3, 0.4) is 0 Å². The minimum Gasteiger partial charge on any atom is -0.478 e. The quantitative estimate of drug-likeness (QED) is 0.295. The number of rotatable bonds is 8. The van der Waals surface area contributed by atoms with Crippen molar-refractivity contribution in [3.8, 4) is 34.4 Å². The molecule has 0 aliphatic rings. The summed E-state index contributed by atoms with van der Waals surface area (Å²) in [4.78, 5) is 29.2. The van der Waals surface area contributed by atoms with Gasteiger partial charge in [-0.25, -0.2) is 4.79 Å². The molecule has 4 aromatic rings. The number of nitrogens with two attached hydrogens (primary N) is 1. The number of carboxylic acid groups (broad SMARTS) is 1. The highest BCUT2D eigenvalue weighted by Crippen LogP contribution is 2.36. The van der Waals surface area contributed by atoms with Crippen molar-refractivity contribution in [2.75, 3.05) is 14.1 Å². The highest BCUT2D eigenvalue weighted by atomic mass is 19.1. The number of ether oxygens (including phenoxy) is 2. The first kappa shape index (κ1) is 27.2. The number of aryl methyl sites for hydroxylation is 1. The molecule has 1 heterocycles. The Bertz CT molecular complexity index is 1570. The van der Waals surface area contributed by atoms with E-state index in [1.54, 1.807) is 19.1 Å². The van der Waals surface area contributed by atoms with Gasteiger partial charge in [-0.15, -0.1) is 0 Å². The summed E-state index contributed by atoms with van der Waals surface area (Å²) < 4.78 is 42.2. The smallest absolute Gasteiger partial charge is 0.339 e. The van der Waals surface area contributed by atoms with Gasteiger partial charge in [-0.1, -0.05) is 36.4 Å². The number of nitrogens with zero attached hydrogens (tertiary/aromatic N) is 2. The van der Waals surface area contributed by atoms with Gasteiger partial charge in [0.2, 0.25) is 11.6 Å². The Morgan fingerprint density at radius 3 is 2.21 bits per heavy atom. The first-order chi connectivity index (χ1) is 18.6. The Balaban J connectivity index is 1.81. The van der Waals surface area contributed by atoms with Crippen LogP contribution in [0.4, 0.5) is 8.78 Å². The molecule has 0 atom stereocenters. The van der Waals surface area contributed by atoms with Crippen LogP contribution in [0.15, 0.2) is 66.7 Å². The van der Waals surface area contributed by atoms with Crippen molar-refractivity contribution in [3.05, 3.63) is 101 Å². The topological polar surface area (TPSA) is 115 Å². The van der Waals surface area contributed by atoms with Crippen LogP contribution in [0.2, 0.25) is 0 Å². The predicted octanol–water partition coefficient (Wildman–Crippen LogP) is 5.78. The molecule has 10 heteroatoms. The number of halogens is 2. The fourth-order valence-electron chi connectivity index (χ4n) is 3.77. The van der Waals surface area contributed by atoms with Gasteiger partial charge in [0.15, 0.2) is 0 Å². The molecule has 39 heavy (non-hydrogen) atoms. The van der Waals surface area contributed by atoms with E-state index in [-0.39, 0.29) is 17.1 Å². The van der Waals surface area contributed by atoms with Gasteiger partial charge in [0.1, 0.15) is 22.6 Å². The van der Waals surface area contributed by atoms with Gasteiger partial charge in [-0.05, 0) is 59.5 Å². The second-order valence-electron chi connectivity index (χ2n) is 8.87. The summed E-state index contributed by atoms with van der Waals surface area (Å²) >= 11 is 0. The molecule has 1 amide bonds. The monoisotopic (exact) mass is 533 g/mol. The van der Waals surface area contributed by atoms with E-state index in [2.05, 4.69) is 4.98 Å². The molecule has 3 N–H and O–H groups in total. The fourth-order valence-corrected chi connectivity index (χ4v) is 3.77. The normalized spacial score (nSPS) is 10.7. The minimum absolute atomic E-state index is 0.152. The third kappa shape index (κ3) is 5.86. The number of carbonyl (C=O) groups is 2. The second kappa shape index (κ2) is 11.3. The first-order valence-corrected chi connectivity index (χ1v) is 11.8. The summed E-state index contributed by atoms with van der Waals surface area (Å²) in [5.74, 6) is -6.71. The summed E-state index contributed by atoms with van der Waals surface area (Å²) in [6.45, 7) is 2.03. The van der Waals surface area contributed by atoms with Crippen molar-refractivity contribution in [1.82, 2.24) is 9.88 Å². The molecule has 0 unspecified atom stereocenters. The molecule has 0 aliphatic carbocycles. The Kier molecular flexibility index (Phi) is 7.87. The van der Waals surface area contributed by atoms with Crippen LogP contribution < -0.4 is 15.2 Å². The van der Waals surface area contributed by atoms with Crippen molar-refractivity contribution < 1.29 is 33.0 Å². The number of hydrogen-bond donors (Lipinski definition) is 2. The van der Waals surface area contributed by atoms with Gasteiger partial charge in [0, 0.05) is 20.6 Å². The first-order valence-electron chi connectivity index (χ1n) is 11.8. The van der Waals surface area contributed by atoms with Gasteiger partial charge < -0.3 is 25.2 Å². The Morgan fingerprint density at radius 1 is 0.923 bits per heavy atom. The van der Waals surface area contributed by atoms with E-state index in [1.165, 1.54) is 38.4 Å². The lowest BCUT2D eigenvalue weighted by Gasteiger charge is -2.17. The van der Waals surface area contributed by atoms with E-state index in [9.17, 15) is 14.7 Å². The van der Waals surface area contributed by atoms with E-state index < -0.39 is 40.8 Å². The van der Waals surface area contributed by atoms with Crippen molar-refractivity contribution in [3.63, 3.8) is 0 Å². The molecular weight excluding hydrogens is 508 g/mol. The number of carbonyl (C=O) groups excluding carboxylic acids is 1. The van der Waals surface area contributed by atoms with Crippen LogP contribution in [0, 0.1) is 18.6 Å². The third-order valence-electron chi connectivity index (χ3n) is 5.76. The molecule has 8 nitrogen and oxygen atoms in total. The molecule has 4 rings (SSSR count). The molecule has 3 aromatic carbocycles. The van der Waals surface area contributed by atoms with E-state index in [4.69, 9.17) is 15.2 Å². The van der Waals surface area contributed by atoms with Crippen LogP contribution in [-0.4, -0.2) is 41.0 Å². The minimum atomic E-state index is -1.40. The summed E-state index contributed by atoms with van der Waals surface area (Å²) in [6, 6.07) is 18.3. The van der Waals surface area contributed by atoms with Gasteiger partial charge in [0.05, 0.1) is 0 Å². The molecule has 0 aliphatic heterocycles. The molecule has 0 radical (unpaired) electrons. The molecule has 0 fully saturated rings. The van der Waals surface area contributed by atoms with Crippen molar-refractivity contribution >= 4 is 11.9 Å². The molecule has 200 valence electrons.